The predicted molar refractivity (Wildman–Crippen MR) is 95.4 cm³/mol. The van der Waals surface area contributed by atoms with Crippen LogP contribution in [0.3, 0.4) is 0 Å². The van der Waals surface area contributed by atoms with E-state index in [2.05, 4.69) is 30.8 Å². The number of H-pyrrole nitrogens is 1. The van der Waals surface area contributed by atoms with Gasteiger partial charge < -0.3 is 10.6 Å². The van der Waals surface area contributed by atoms with Gasteiger partial charge >= 0.3 is 6.03 Å². The number of hydrogen-bond acceptors (Lipinski definition) is 4. The number of nitrogens with one attached hydrogen (secondary N) is 3. The number of urea groups is 1. The molecule has 0 unspecified atom stereocenters. The van der Waals surface area contributed by atoms with Gasteiger partial charge in [0.2, 0.25) is 0 Å². The minimum Gasteiger partial charge on any atom is -0.331 e. The van der Waals surface area contributed by atoms with Crippen LogP contribution in [0.2, 0.25) is 0 Å². The van der Waals surface area contributed by atoms with E-state index in [0.717, 1.165) is 35.1 Å². The third-order valence-electron chi connectivity index (χ3n) is 4.57. The first-order chi connectivity index (χ1) is 12.2. The van der Waals surface area contributed by atoms with Crippen LogP contribution in [0.1, 0.15) is 35.6 Å². The fourth-order valence-electron chi connectivity index (χ4n) is 3.32. The highest BCUT2D eigenvalue weighted by Crippen LogP contribution is 2.22. The van der Waals surface area contributed by atoms with Gasteiger partial charge in [0.15, 0.2) is 0 Å². The van der Waals surface area contributed by atoms with Crippen LogP contribution in [-0.4, -0.2) is 26.2 Å². The summed E-state index contributed by atoms with van der Waals surface area (Å²) in [5.41, 5.74) is 4.95. The van der Waals surface area contributed by atoms with Gasteiger partial charge in [0.05, 0.1) is 23.9 Å². The summed E-state index contributed by atoms with van der Waals surface area (Å²) in [5.74, 6) is 0.660. The maximum Gasteiger partial charge on any atom is 0.319 e. The normalized spacial score (nSPS) is 13.5. The van der Waals surface area contributed by atoms with Gasteiger partial charge in [-0.1, -0.05) is 12.1 Å². The second kappa shape index (κ2) is 6.51. The van der Waals surface area contributed by atoms with E-state index < -0.39 is 0 Å². The summed E-state index contributed by atoms with van der Waals surface area (Å²) in [6.45, 7) is 2.33. The zero-order valence-corrected chi connectivity index (χ0v) is 14.1. The first-order valence-corrected chi connectivity index (χ1v) is 8.53. The molecule has 0 bridgehead atoms. The molecule has 2 amide bonds. The van der Waals surface area contributed by atoms with E-state index in [1.807, 2.05) is 25.1 Å². The third-order valence-corrected chi connectivity index (χ3v) is 4.57. The second-order valence-electron chi connectivity index (χ2n) is 6.31. The smallest absolute Gasteiger partial charge is 0.319 e. The second-order valence-corrected chi connectivity index (χ2v) is 6.31. The molecule has 0 spiro atoms. The molecular weight excluding hydrogens is 316 g/mol. The molecule has 0 radical (unpaired) electrons. The average molecular weight is 336 g/mol. The van der Waals surface area contributed by atoms with Crippen LogP contribution < -0.4 is 10.6 Å². The molecular formula is C18H20N6O. The highest BCUT2D eigenvalue weighted by molar-refractivity contribution is 5.99. The van der Waals surface area contributed by atoms with Gasteiger partial charge in [-0.2, -0.15) is 5.10 Å². The number of carbonyl (C=O) groups is 1. The Bertz CT molecular complexity index is 932. The number of amides is 2. The van der Waals surface area contributed by atoms with Crippen LogP contribution in [0.25, 0.3) is 10.9 Å². The van der Waals surface area contributed by atoms with Gasteiger partial charge in [-0.3, -0.25) is 5.10 Å². The molecule has 1 aliphatic carbocycles. The van der Waals surface area contributed by atoms with E-state index in [1.165, 1.54) is 18.4 Å². The molecule has 0 atom stereocenters. The summed E-state index contributed by atoms with van der Waals surface area (Å²) in [4.78, 5) is 21.4. The van der Waals surface area contributed by atoms with Crippen LogP contribution in [0.15, 0.2) is 24.4 Å². The molecule has 0 saturated heterocycles. The van der Waals surface area contributed by atoms with Crippen LogP contribution >= 0.6 is 0 Å². The summed E-state index contributed by atoms with van der Waals surface area (Å²) >= 11 is 0. The Morgan fingerprint density at radius 1 is 1.24 bits per heavy atom. The van der Waals surface area contributed by atoms with Crippen molar-refractivity contribution in [2.75, 3.05) is 5.32 Å². The molecule has 1 aliphatic rings. The van der Waals surface area contributed by atoms with Crippen molar-refractivity contribution < 1.29 is 4.79 Å². The summed E-state index contributed by atoms with van der Waals surface area (Å²) in [6, 6.07) is 5.36. The zero-order chi connectivity index (χ0) is 17.2. The van der Waals surface area contributed by atoms with Crippen molar-refractivity contribution in [2.45, 2.75) is 39.2 Å². The molecule has 2 heterocycles. The molecule has 7 heteroatoms. The lowest BCUT2D eigenvalue weighted by Crippen LogP contribution is -2.29. The molecule has 3 N–H and O–H groups in total. The zero-order valence-electron chi connectivity index (χ0n) is 14.1. The molecule has 1 aromatic carbocycles. The number of hydrogen-bond donors (Lipinski definition) is 3. The highest BCUT2D eigenvalue weighted by Gasteiger charge is 2.15. The maximum absolute atomic E-state index is 12.2. The molecule has 25 heavy (non-hydrogen) atoms. The van der Waals surface area contributed by atoms with Crippen molar-refractivity contribution in [1.82, 2.24) is 25.5 Å². The Balaban J connectivity index is 1.44. The highest BCUT2D eigenvalue weighted by atomic mass is 16.2. The number of aromatic amines is 1. The number of para-hydroxylation sites is 1. The van der Waals surface area contributed by atoms with Gasteiger partial charge in [0.25, 0.3) is 0 Å². The summed E-state index contributed by atoms with van der Waals surface area (Å²) in [5, 5.41) is 13.5. The van der Waals surface area contributed by atoms with Crippen molar-refractivity contribution in [3.8, 4) is 0 Å². The van der Waals surface area contributed by atoms with Crippen LogP contribution in [0.4, 0.5) is 10.5 Å². The lowest BCUT2D eigenvalue weighted by molar-refractivity contribution is 0.251. The van der Waals surface area contributed by atoms with E-state index >= 15 is 0 Å². The average Bonchev–Trinajstić information content (AvgIpc) is 3.10. The monoisotopic (exact) mass is 336 g/mol. The Labute approximate surface area is 145 Å². The van der Waals surface area contributed by atoms with Crippen molar-refractivity contribution in [3.63, 3.8) is 0 Å². The molecule has 0 saturated carbocycles. The number of benzene rings is 1. The lowest BCUT2D eigenvalue weighted by atomic mass is 9.95. The third kappa shape index (κ3) is 3.17. The van der Waals surface area contributed by atoms with E-state index in [9.17, 15) is 4.79 Å². The van der Waals surface area contributed by atoms with E-state index in [4.69, 9.17) is 0 Å². The topological polar surface area (TPSA) is 95.6 Å². The molecule has 0 aliphatic heterocycles. The van der Waals surface area contributed by atoms with Crippen LogP contribution in [-0.2, 0) is 19.4 Å². The van der Waals surface area contributed by atoms with E-state index in [0.29, 0.717) is 18.1 Å². The lowest BCUT2D eigenvalue weighted by Gasteiger charge is -2.17. The van der Waals surface area contributed by atoms with E-state index in [1.54, 1.807) is 6.20 Å². The van der Waals surface area contributed by atoms with Crippen molar-refractivity contribution in [3.05, 3.63) is 47.2 Å². The van der Waals surface area contributed by atoms with Crippen LogP contribution in [0, 0.1) is 6.92 Å². The van der Waals surface area contributed by atoms with Crippen molar-refractivity contribution in [1.29, 1.82) is 0 Å². The first kappa shape index (κ1) is 15.6. The van der Waals surface area contributed by atoms with Crippen molar-refractivity contribution in [2.24, 2.45) is 0 Å². The summed E-state index contributed by atoms with van der Waals surface area (Å²) in [7, 11) is 0. The predicted octanol–water partition coefficient (Wildman–Crippen LogP) is 2.86. The Kier molecular flexibility index (Phi) is 4.05. The fraction of sp³-hybridized carbons (Fsp3) is 0.333. The first-order valence-electron chi connectivity index (χ1n) is 8.53. The standard InChI is InChI=1S/C18H20N6O/c1-11-13-6-2-3-7-14(13)22-16(21-11)10-19-18(25)23-15-8-4-5-12-9-20-24-17(12)15/h4-5,8-9H,2-3,6-7,10H2,1H3,(H,20,24)(H2,19,23,25). The Morgan fingerprint density at radius 2 is 2.12 bits per heavy atom. The largest absolute Gasteiger partial charge is 0.331 e. The SMILES string of the molecule is Cc1nc(CNC(=O)Nc2cccc3cn[nH]c23)nc2c1CCCC2. The van der Waals surface area contributed by atoms with Crippen LogP contribution in [0.5, 0.6) is 0 Å². The molecule has 4 rings (SSSR count). The van der Waals surface area contributed by atoms with Gasteiger partial charge in [-0.05, 0) is 44.2 Å². The quantitative estimate of drug-likeness (QED) is 0.685. The Hall–Kier alpha value is -2.96. The molecule has 0 fully saturated rings. The van der Waals surface area contributed by atoms with Gasteiger partial charge in [-0.25, -0.2) is 14.8 Å². The number of aromatic nitrogens is 4. The number of aryl methyl sites for hydroxylation is 2. The molecule has 2 aromatic heterocycles. The van der Waals surface area contributed by atoms with Crippen molar-refractivity contribution >= 4 is 22.6 Å². The number of nitrogens with zero attached hydrogens (tertiary/aromatic N) is 3. The Morgan fingerprint density at radius 3 is 3.04 bits per heavy atom. The van der Waals surface area contributed by atoms with Gasteiger partial charge in [0, 0.05) is 16.8 Å². The maximum atomic E-state index is 12.2. The number of rotatable bonds is 3. The minimum atomic E-state index is -0.291. The molecule has 3 aromatic rings. The number of carbonyl (C=O) groups excluding carboxylic acids is 1. The minimum absolute atomic E-state index is 0.291. The van der Waals surface area contributed by atoms with Gasteiger partial charge in [0.1, 0.15) is 5.82 Å². The molecule has 128 valence electrons. The summed E-state index contributed by atoms with van der Waals surface area (Å²) < 4.78 is 0. The number of fused-ring (bicyclic) bond motifs is 2. The number of anilines is 1. The van der Waals surface area contributed by atoms with E-state index in [-0.39, 0.29) is 6.03 Å². The fourth-order valence-corrected chi connectivity index (χ4v) is 3.32. The van der Waals surface area contributed by atoms with Gasteiger partial charge in [-0.15, -0.1) is 0 Å². The molecule has 7 nitrogen and oxygen atoms in total. The summed E-state index contributed by atoms with van der Waals surface area (Å²) in [6.07, 6.45) is 6.16.